The predicted octanol–water partition coefficient (Wildman–Crippen LogP) is 0.508. The monoisotopic (exact) mass is 448 g/mol. The van der Waals surface area contributed by atoms with E-state index in [-0.39, 0.29) is 13.2 Å². The Morgan fingerprint density at radius 1 is 1.03 bits per heavy atom. The third-order valence-corrected chi connectivity index (χ3v) is 4.37. The van der Waals surface area contributed by atoms with Crippen LogP contribution in [0.15, 0.2) is 30.6 Å². The van der Waals surface area contributed by atoms with Crippen molar-refractivity contribution < 1.29 is 38.1 Å². The molecule has 0 radical (unpaired) electrons. The minimum absolute atomic E-state index is 0.104. The smallest absolute Gasteiger partial charge is 0.303 e. The summed E-state index contributed by atoms with van der Waals surface area (Å²) in [5.41, 5.74) is 1.29. The summed E-state index contributed by atoms with van der Waals surface area (Å²) in [5.74, 6) is -1.86. The first kappa shape index (κ1) is 23.3. The molecule has 0 amide bonds. The molecule has 2 aromatic heterocycles. The van der Waals surface area contributed by atoms with Crippen molar-refractivity contribution >= 4 is 17.9 Å². The number of rotatable bonds is 8. The Hall–Kier alpha value is -3.38. The van der Waals surface area contributed by atoms with Gasteiger partial charge in [0, 0.05) is 27.0 Å². The summed E-state index contributed by atoms with van der Waals surface area (Å²) in [6, 6.07) is 5.47. The van der Waals surface area contributed by atoms with E-state index in [1.807, 2.05) is 12.1 Å². The number of ether oxygens (including phenoxy) is 5. The molecule has 172 valence electrons. The summed E-state index contributed by atoms with van der Waals surface area (Å²) < 4.78 is 28.7. The number of carbonyl (C=O) groups excluding carboxylic acids is 3. The molecule has 3 rings (SSSR count). The Morgan fingerprint density at radius 2 is 1.75 bits per heavy atom. The first-order valence-electron chi connectivity index (χ1n) is 9.90. The third-order valence-electron chi connectivity index (χ3n) is 4.37. The summed E-state index contributed by atoms with van der Waals surface area (Å²) in [6.45, 7) is 3.95. The molecule has 2 aromatic rings. The van der Waals surface area contributed by atoms with E-state index in [0.29, 0.717) is 17.9 Å². The summed E-state index contributed by atoms with van der Waals surface area (Å²) >= 11 is 0. The van der Waals surface area contributed by atoms with Crippen molar-refractivity contribution in [3.63, 3.8) is 0 Å². The molecule has 0 bridgehead atoms. The van der Waals surface area contributed by atoms with Crippen molar-refractivity contribution in [2.75, 3.05) is 13.2 Å². The molecule has 0 spiro atoms. The molecule has 12 nitrogen and oxygen atoms in total. The van der Waals surface area contributed by atoms with Crippen molar-refractivity contribution in [2.45, 2.75) is 51.9 Å². The van der Waals surface area contributed by atoms with Crippen LogP contribution in [0.3, 0.4) is 0 Å². The lowest BCUT2D eigenvalue weighted by Gasteiger charge is -2.40. The van der Waals surface area contributed by atoms with Crippen LogP contribution in [0.25, 0.3) is 11.4 Å². The maximum Gasteiger partial charge on any atom is 0.303 e. The number of hydrogen-bond acceptors (Lipinski definition) is 11. The van der Waals surface area contributed by atoms with Gasteiger partial charge in [-0.25, -0.2) is 4.68 Å². The molecule has 12 heteroatoms. The zero-order valence-corrected chi connectivity index (χ0v) is 17.9. The van der Waals surface area contributed by atoms with Gasteiger partial charge in [-0.15, -0.1) is 5.10 Å². The van der Waals surface area contributed by atoms with Gasteiger partial charge in [-0.1, -0.05) is 11.3 Å². The summed E-state index contributed by atoms with van der Waals surface area (Å²) in [5, 5.41) is 8.11. The second-order valence-corrected chi connectivity index (χ2v) is 6.95. The molecule has 0 unspecified atom stereocenters. The second kappa shape index (κ2) is 10.8. The molecule has 0 aromatic carbocycles. The van der Waals surface area contributed by atoms with Crippen molar-refractivity contribution in [2.24, 2.45) is 0 Å². The molecule has 1 aliphatic rings. The lowest BCUT2D eigenvalue weighted by molar-refractivity contribution is -0.281. The van der Waals surface area contributed by atoms with E-state index in [0.717, 1.165) is 0 Å². The highest BCUT2D eigenvalue weighted by Gasteiger charge is 2.47. The van der Waals surface area contributed by atoms with Crippen LogP contribution in [0, 0.1) is 0 Å². The third kappa shape index (κ3) is 6.31. The minimum atomic E-state index is -1.13. The molecule has 1 fully saturated rings. The number of aromatic nitrogens is 4. The molecule has 0 N–H and O–H groups in total. The number of hydrogen-bond donors (Lipinski definition) is 0. The van der Waals surface area contributed by atoms with Crippen LogP contribution >= 0.6 is 0 Å². The fourth-order valence-electron chi connectivity index (χ4n) is 3.15. The predicted molar refractivity (Wildman–Crippen MR) is 106 cm³/mol. The Morgan fingerprint density at radius 3 is 2.41 bits per heavy atom. The van der Waals surface area contributed by atoms with Gasteiger partial charge in [0.25, 0.3) is 0 Å². The number of pyridine rings is 1. The fraction of sp³-hybridized carbons (Fsp3) is 0.500. The first-order chi connectivity index (χ1) is 15.3. The van der Waals surface area contributed by atoms with Gasteiger partial charge in [0.15, 0.2) is 24.6 Å². The first-order valence-corrected chi connectivity index (χ1v) is 9.90. The van der Waals surface area contributed by atoms with Crippen LogP contribution in [0.4, 0.5) is 0 Å². The summed E-state index contributed by atoms with van der Waals surface area (Å²) in [6.07, 6.45) is -0.827. The van der Waals surface area contributed by atoms with E-state index < -0.39 is 42.5 Å². The normalized spacial score (nSPS) is 22.7. The summed E-state index contributed by atoms with van der Waals surface area (Å²) in [7, 11) is 0. The Kier molecular flexibility index (Phi) is 7.84. The Labute approximate surface area is 183 Å². The largest absolute Gasteiger partial charge is 0.456 e. The van der Waals surface area contributed by atoms with E-state index in [9.17, 15) is 14.4 Å². The van der Waals surface area contributed by atoms with Gasteiger partial charge in [0.2, 0.25) is 0 Å². The Balaban J connectivity index is 1.65. The lowest BCUT2D eigenvalue weighted by Crippen LogP contribution is -2.58. The average molecular weight is 448 g/mol. The van der Waals surface area contributed by atoms with Crippen LogP contribution in [0.2, 0.25) is 0 Å². The fourth-order valence-corrected chi connectivity index (χ4v) is 3.15. The van der Waals surface area contributed by atoms with Crippen LogP contribution in [0.5, 0.6) is 0 Å². The van der Waals surface area contributed by atoms with Crippen molar-refractivity contribution in [3.8, 4) is 11.4 Å². The molecule has 1 saturated heterocycles. The molecule has 0 saturated carbocycles. The summed E-state index contributed by atoms with van der Waals surface area (Å²) in [4.78, 5) is 38.9. The van der Waals surface area contributed by atoms with E-state index in [1.165, 1.54) is 20.8 Å². The molecular formula is C20H24N4O8. The standard InChI is InChI=1S/C20H24N4O8/c1-12(25)30-17-11-29-20(19(32-14(3)27)18(17)31-13(2)26)28-9-8-24-10-16(22-23-24)15-6-4-5-7-21-15/h4-7,10,17-20H,8-9,11H2,1-3H3/t17-,18+,19-,20-/m1/s1. The maximum absolute atomic E-state index is 11.6. The molecule has 4 atom stereocenters. The highest BCUT2D eigenvalue weighted by molar-refractivity contribution is 5.68. The van der Waals surface area contributed by atoms with Gasteiger partial charge in [-0.2, -0.15) is 0 Å². The van der Waals surface area contributed by atoms with Gasteiger partial charge >= 0.3 is 17.9 Å². The van der Waals surface area contributed by atoms with Crippen LogP contribution in [-0.2, 0) is 44.6 Å². The lowest BCUT2D eigenvalue weighted by atomic mass is 10.0. The van der Waals surface area contributed by atoms with Crippen LogP contribution in [0.1, 0.15) is 20.8 Å². The van der Waals surface area contributed by atoms with E-state index in [1.54, 1.807) is 23.1 Å². The number of carbonyl (C=O) groups is 3. The Bertz CT molecular complexity index is 935. The quantitative estimate of drug-likeness (QED) is 0.412. The number of nitrogens with zero attached hydrogens (tertiary/aromatic N) is 4. The topological polar surface area (TPSA) is 141 Å². The molecular weight excluding hydrogens is 424 g/mol. The second-order valence-electron chi connectivity index (χ2n) is 6.95. The van der Waals surface area contributed by atoms with Gasteiger partial charge in [-0.3, -0.25) is 19.4 Å². The maximum atomic E-state index is 11.6. The van der Waals surface area contributed by atoms with E-state index >= 15 is 0 Å². The zero-order chi connectivity index (χ0) is 23.1. The molecule has 32 heavy (non-hydrogen) atoms. The zero-order valence-electron chi connectivity index (χ0n) is 17.9. The SMILES string of the molecule is CC(=O)O[C@@H]1[C@@H](OC(C)=O)[C@H](OCCn2cc(-c3ccccn3)nn2)OC[C@H]1OC(C)=O. The molecule has 0 aliphatic carbocycles. The molecule has 1 aliphatic heterocycles. The van der Waals surface area contributed by atoms with Gasteiger partial charge < -0.3 is 23.7 Å². The van der Waals surface area contributed by atoms with E-state index in [2.05, 4.69) is 15.3 Å². The highest BCUT2D eigenvalue weighted by atomic mass is 16.7. The highest BCUT2D eigenvalue weighted by Crippen LogP contribution is 2.25. The van der Waals surface area contributed by atoms with Crippen molar-refractivity contribution in [3.05, 3.63) is 30.6 Å². The van der Waals surface area contributed by atoms with Crippen molar-refractivity contribution in [1.29, 1.82) is 0 Å². The van der Waals surface area contributed by atoms with Gasteiger partial charge in [0.05, 0.1) is 31.6 Å². The van der Waals surface area contributed by atoms with Gasteiger partial charge in [0.1, 0.15) is 5.69 Å². The van der Waals surface area contributed by atoms with Crippen molar-refractivity contribution in [1.82, 2.24) is 20.0 Å². The van der Waals surface area contributed by atoms with Crippen LogP contribution < -0.4 is 0 Å². The van der Waals surface area contributed by atoms with Crippen LogP contribution in [-0.4, -0.2) is 75.7 Å². The van der Waals surface area contributed by atoms with Gasteiger partial charge in [-0.05, 0) is 12.1 Å². The number of esters is 3. The average Bonchev–Trinajstić information content (AvgIpc) is 3.20. The van der Waals surface area contributed by atoms with E-state index in [4.69, 9.17) is 23.7 Å². The molecule has 3 heterocycles. The minimum Gasteiger partial charge on any atom is -0.456 e.